The zero-order valence-corrected chi connectivity index (χ0v) is 26.7. The molecule has 2 aliphatic rings. The number of benzene rings is 2. The highest BCUT2D eigenvalue weighted by molar-refractivity contribution is 9.11. The third-order valence-electron chi connectivity index (χ3n) is 8.16. The summed E-state index contributed by atoms with van der Waals surface area (Å²) in [5, 5.41) is 0. The van der Waals surface area contributed by atoms with E-state index in [9.17, 15) is 13.0 Å². The summed E-state index contributed by atoms with van der Waals surface area (Å²) in [5.74, 6) is -0.324. The lowest BCUT2D eigenvalue weighted by Crippen LogP contribution is -2.28. The van der Waals surface area contributed by atoms with Crippen LogP contribution in [0.1, 0.15) is 71.4 Å². The fourth-order valence-electron chi connectivity index (χ4n) is 6.00. The van der Waals surface area contributed by atoms with Crippen LogP contribution in [-0.2, 0) is 20.9 Å². The molecule has 0 N–H and O–H groups in total. The van der Waals surface area contributed by atoms with Crippen molar-refractivity contribution in [3.8, 4) is 0 Å². The van der Waals surface area contributed by atoms with E-state index in [0.29, 0.717) is 19.4 Å². The first kappa shape index (κ1) is 30.5. The van der Waals surface area contributed by atoms with Gasteiger partial charge in [-0.3, -0.25) is 0 Å². The van der Waals surface area contributed by atoms with E-state index in [1.165, 1.54) is 22.5 Å². The number of hydrogen-bond acceptors (Lipinski definition) is 4. The van der Waals surface area contributed by atoms with E-state index in [1.54, 1.807) is 0 Å². The lowest BCUT2D eigenvalue weighted by molar-refractivity contribution is -0.438. The SMILES string of the molecule is CCCCN1/C(=C/C=C(Br)/C=C/C2=[N+](CCCCS(=O)(=O)[O-])c3ccccc3C2(C)C)C(C)(C)c2ccccc21. The number of para-hydroxylation sites is 2. The Morgan fingerprint density at radius 2 is 1.65 bits per heavy atom. The molecular formula is C33H41BrN2O3S. The molecule has 0 unspecified atom stereocenters. The lowest BCUT2D eigenvalue weighted by Gasteiger charge is -2.27. The predicted molar refractivity (Wildman–Crippen MR) is 169 cm³/mol. The molecule has 2 aliphatic heterocycles. The Kier molecular flexibility index (Phi) is 9.28. The van der Waals surface area contributed by atoms with E-state index in [4.69, 9.17) is 0 Å². The summed E-state index contributed by atoms with van der Waals surface area (Å²) in [6.45, 7) is 12.9. The smallest absolute Gasteiger partial charge is 0.209 e. The van der Waals surface area contributed by atoms with Gasteiger partial charge >= 0.3 is 0 Å². The first-order chi connectivity index (χ1) is 18.9. The highest BCUT2D eigenvalue weighted by Gasteiger charge is 2.44. The molecular weight excluding hydrogens is 584 g/mol. The number of halogens is 1. The first-order valence-electron chi connectivity index (χ1n) is 14.2. The van der Waals surface area contributed by atoms with Gasteiger partial charge in [0.2, 0.25) is 5.69 Å². The van der Waals surface area contributed by atoms with Crippen molar-refractivity contribution in [2.75, 3.05) is 23.7 Å². The van der Waals surface area contributed by atoms with Crippen LogP contribution in [0.4, 0.5) is 11.4 Å². The van der Waals surface area contributed by atoms with Crippen LogP contribution in [0, 0.1) is 0 Å². The zero-order chi connectivity index (χ0) is 29.1. The molecule has 40 heavy (non-hydrogen) atoms. The Bertz CT molecular complexity index is 1480. The molecule has 2 aromatic carbocycles. The predicted octanol–water partition coefficient (Wildman–Crippen LogP) is 7.71. The van der Waals surface area contributed by atoms with Gasteiger partial charge in [0, 0.05) is 57.7 Å². The molecule has 0 aliphatic carbocycles. The average molecular weight is 626 g/mol. The van der Waals surface area contributed by atoms with E-state index < -0.39 is 10.1 Å². The third kappa shape index (κ3) is 6.37. The molecule has 0 aromatic heterocycles. The Balaban J connectivity index is 1.63. The van der Waals surface area contributed by atoms with Gasteiger partial charge in [-0.05, 0) is 56.5 Å². The number of allylic oxidation sites excluding steroid dienone is 6. The number of unbranched alkanes of at least 4 members (excludes halogenated alkanes) is 2. The van der Waals surface area contributed by atoms with Crippen molar-refractivity contribution in [2.45, 2.75) is 71.1 Å². The molecule has 0 radical (unpaired) electrons. The molecule has 0 fully saturated rings. The molecule has 4 rings (SSSR count). The summed E-state index contributed by atoms with van der Waals surface area (Å²) in [4.78, 5) is 2.47. The summed E-state index contributed by atoms with van der Waals surface area (Å²) in [5.41, 5.74) is 7.18. The van der Waals surface area contributed by atoms with Crippen LogP contribution in [0.5, 0.6) is 0 Å². The average Bonchev–Trinajstić information content (AvgIpc) is 3.25. The van der Waals surface area contributed by atoms with Crippen LogP contribution >= 0.6 is 15.9 Å². The van der Waals surface area contributed by atoms with Crippen LogP contribution in [0.3, 0.4) is 0 Å². The van der Waals surface area contributed by atoms with E-state index in [-0.39, 0.29) is 16.6 Å². The van der Waals surface area contributed by atoms with Crippen LogP contribution in [-0.4, -0.2) is 42.1 Å². The van der Waals surface area contributed by atoms with Gasteiger partial charge in [-0.25, -0.2) is 8.42 Å². The summed E-state index contributed by atoms with van der Waals surface area (Å²) in [7, 11) is -4.20. The van der Waals surface area contributed by atoms with Gasteiger partial charge in [0.25, 0.3) is 0 Å². The Hall–Kier alpha value is -2.48. The highest BCUT2D eigenvalue weighted by atomic mass is 79.9. The van der Waals surface area contributed by atoms with Crippen molar-refractivity contribution in [3.63, 3.8) is 0 Å². The maximum Gasteiger partial charge on any atom is 0.209 e. The van der Waals surface area contributed by atoms with Gasteiger partial charge in [0.1, 0.15) is 6.54 Å². The van der Waals surface area contributed by atoms with Crippen LogP contribution in [0.15, 0.2) is 83.0 Å². The summed E-state index contributed by atoms with van der Waals surface area (Å²) in [6, 6.07) is 17.1. The van der Waals surface area contributed by atoms with E-state index in [1.807, 2.05) is 6.07 Å². The monoisotopic (exact) mass is 624 g/mol. The molecule has 5 nitrogen and oxygen atoms in total. The molecule has 0 saturated heterocycles. The molecule has 0 bridgehead atoms. The molecule has 0 spiro atoms. The molecule has 0 saturated carbocycles. The second-order valence-electron chi connectivity index (χ2n) is 11.7. The summed E-state index contributed by atoms with van der Waals surface area (Å²) in [6.07, 6.45) is 11.9. The molecule has 0 amide bonds. The number of fused-ring (bicyclic) bond motifs is 2. The van der Waals surface area contributed by atoms with Crippen molar-refractivity contribution >= 4 is 43.1 Å². The topological polar surface area (TPSA) is 63.5 Å². The largest absolute Gasteiger partial charge is 0.748 e. The molecule has 0 atom stereocenters. The van der Waals surface area contributed by atoms with Crippen LogP contribution in [0.2, 0.25) is 0 Å². The third-order valence-corrected chi connectivity index (χ3v) is 9.48. The van der Waals surface area contributed by atoms with Gasteiger partial charge in [-0.2, -0.15) is 4.58 Å². The number of rotatable bonds is 11. The Morgan fingerprint density at radius 3 is 2.35 bits per heavy atom. The number of anilines is 1. The fourth-order valence-corrected chi connectivity index (χ4v) is 6.82. The second kappa shape index (κ2) is 12.2. The maximum atomic E-state index is 11.1. The minimum Gasteiger partial charge on any atom is -0.748 e. The quantitative estimate of drug-likeness (QED) is 0.111. The van der Waals surface area contributed by atoms with Crippen LogP contribution in [0.25, 0.3) is 0 Å². The molecule has 7 heteroatoms. The maximum absolute atomic E-state index is 11.1. The Morgan fingerprint density at radius 1 is 0.975 bits per heavy atom. The zero-order valence-electron chi connectivity index (χ0n) is 24.3. The Labute approximate surface area is 248 Å². The van der Waals surface area contributed by atoms with E-state index in [2.05, 4.69) is 127 Å². The van der Waals surface area contributed by atoms with Crippen molar-refractivity contribution in [1.82, 2.24) is 0 Å². The molecule has 2 heterocycles. The van der Waals surface area contributed by atoms with Gasteiger partial charge < -0.3 is 9.45 Å². The minimum atomic E-state index is -4.20. The van der Waals surface area contributed by atoms with Gasteiger partial charge in [0.15, 0.2) is 5.71 Å². The first-order valence-corrected chi connectivity index (χ1v) is 16.6. The van der Waals surface area contributed by atoms with Crippen molar-refractivity contribution in [2.24, 2.45) is 0 Å². The second-order valence-corrected chi connectivity index (χ2v) is 14.2. The molecule has 214 valence electrons. The van der Waals surface area contributed by atoms with E-state index >= 15 is 0 Å². The van der Waals surface area contributed by atoms with Crippen molar-refractivity contribution in [1.29, 1.82) is 0 Å². The van der Waals surface area contributed by atoms with Gasteiger partial charge in [0.05, 0.1) is 15.5 Å². The highest BCUT2D eigenvalue weighted by Crippen LogP contribution is 2.47. The van der Waals surface area contributed by atoms with E-state index in [0.717, 1.165) is 35.3 Å². The van der Waals surface area contributed by atoms with Crippen molar-refractivity contribution < 1.29 is 17.5 Å². The van der Waals surface area contributed by atoms with Gasteiger partial charge in [-0.15, -0.1) is 0 Å². The lowest BCUT2D eigenvalue weighted by atomic mass is 9.81. The fraction of sp³-hybridized carbons (Fsp3) is 0.424. The summed E-state index contributed by atoms with van der Waals surface area (Å²) < 4.78 is 36.5. The molecule has 2 aromatic rings. The minimum absolute atomic E-state index is 0.0873. The van der Waals surface area contributed by atoms with Gasteiger partial charge in [-0.1, -0.05) is 79.5 Å². The van der Waals surface area contributed by atoms with Crippen molar-refractivity contribution in [3.05, 3.63) is 94.1 Å². The standard InChI is InChI=1S/C33H41BrN2O3S/c1-6-7-22-35-28-16-10-8-14-26(28)32(2,3)30(35)20-18-25(34)19-21-31-33(4,5)27-15-9-11-17-29(27)36(31)23-12-13-24-40(37,38)39/h8-11,14-21H,6-7,12-13,22-24H2,1-5H3. The summed E-state index contributed by atoms with van der Waals surface area (Å²) >= 11 is 3.79. The normalized spacial score (nSPS) is 19.1. The van der Waals surface area contributed by atoms with Crippen LogP contribution < -0.4 is 4.90 Å². The number of nitrogens with zero attached hydrogens (tertiary/aromatic N) is 2. The number of hydrogen-bond donors (Lipinski definition) is 0.